The van der Waals surface area contributed by atoms with Gasteiger partial charge in [-0.1, -0.05) is 0 Å². The van der Waals surface area contributed by atoms with E-state index in [-0.39, 0.29) is 5.91 Å². The van der Waals surface area contributed by atoms with Crippen molar-refractivity contribution in [2.75, 3.05) is 25.1 Å². The maximum Gasteiger partial charge on any atom is 0.257 e. The molecule has 152 valence electrons. The molecule has 2 heterocycles. The van der Waals surface area contributed by atoms with Gasteiger partial charge in [0.25, 0.3) is 5.91 Å². The first-order chi connectivity index (χ1) is 14.2. The molecule has 0 bridgehead atoms. The fourth-order valence-corrected chi connectivity index (χ4v) is 2.58. The number of carbonyl (C=O) groups is 1. The lowest BCUT2D eigenvalue weighted by atomic mass is 10.1. The van der Waals surface area contributed by atoms with E-state index in [9.17, 15) is 4.79 Å². The third-order valence-corrected chi connectivity index (χ3v) is 3.72. The van der Waals surface area contributed by atoms with E-state index in [4.69, 9.17) is 14.2 Å². The highest BCUT2D eigenvalue weighted by Crippen LogP contribution is 2.39. The lowest BCUT2D eigenvalue weighted by molar-refractivity contribution is 0.102. The summed E-state index contributed by atoms with van der Waals surface area (Å²) in [6.45, 7) is 6.87. The monoisotopic (exact) mass is 398 g/mol. The van der Waals surface area contributed by atoms with Gasteiger partial charge in [-0.25, -0.2) is 19.6 Å². The largest absolute Gasteiger partial charge is 0.490 e. The Kier molecular flexibility index (Phi) is 6.56. The molecule has 0 radical (unpaired) electrons. The van der Waals surface area contributed by atoms with E-state index in [1.165, 1.54) is 23.7 Å². The average Bonchev–Trinajstić information content (AvgIpc) is 3.26. The Labute approximate surface area is 167 Å². The van der Waals surface area contributed by atoms with Gasteiger partial charge in [-0.05, 0) is 32.9 Å². The van der Waals surface area contributed by atoms with Crippen molar-refractivity contribution < 1.29 is 19.0 Å². The number of amides is 1. The topological polar surface area (TPSA) is 113 Å². The van der Waals surface area contributed by atoms with Crippen molar-refractivity contribution in [1.29, 1.82) is 0 Å². The number of aromatic nitrogens is 5. The fraction of sp³-hybridized carbons (Fsp3) is 0.316. The van der Waals surface area contributed by atoms with Crippen LogP contribution in [-0.4, -0.2) is 50.5 Å². The first-order valence-electron chi connectivity index (χ1n) is 9.21. The summed E-state index contributed by atoms with van der Waals surface area (Å²) in [4.78, 5) is 24.9. The minimum absolute atomic E-state index is 0.320. The predicted molar refractivity (Wildman–Crippen MR) is 105 cm³/mol. The summed E-state index contributed by atoms with van der Waals surface area (Å²) in [7, 11) is 0. The molecule has 3 rings (SSSR count). The number of nitrogens with zero attached hydrogens (tertiary/aromatic N) is 5. The van der Waals surface area contributed by atoms with Gasteiger partial charge in [0.2, 0.25) is 5.75 Å². The van der Waals surface area contributed by atoms with Crippen molar-refractivity contribution in [3.05, 3.63) is 42.7 Å². The van der Waals surface area contributed by atoms with Gasteiger partial charge in [-0.2, -0.15) is 5.10 Å². The lowest BCUT2D eigenvalue weighted by Crippen LogP contribution is -2.15. The molecule has 0 spiro atoms. The quantitative estimate of drug-likeness (QED) is 0.585. The Morgan fingerprint density at radius 3 is 2.24 bits per heavy atom. The number of benzene rings is 1. The zero-order valence-electron chi connectivity index (χ0n) is 16.5. The van der Waals surface area contributed by atoms with Gasteiger partial charge >= 0.3 is 0 Å². The average molecular weight is 398 g/mol. The Morgan fingerprint density at radius 1 is 0.966 bits per heavy atom. The van der Waals surface area contributed by atoms with E-state index in [0.29, 0.717) is 54.3 Å². The second kappa shape index (κ2) is 9.49. The van der Waals surface area contributed by atoms with E-state index >= 15 is 0 Å². The molecule has 0 fully saturated rings. The van der Waals surface area contributed by atoms with Gasteiger partial charge in [-0.3, -0.25) is 4.79 Å². The van der Waals surface area contributed by atoms with E-state index in [1.54, 1.807) is 18.2 Å². The van der Waals surface area contributed by atoms with Crippen LogP contribution in [0.2, 0.25) is 0 Å². The van der Waals surface area contributed by atoms with Crippen LogP contribution in [0.1, 0.15) is 31.1 Å². The van der Waals surface area contributed by atoms with Crippen molar-refractivity contribution in [3.8, 4) is 23.1 Å². The zero-order chi connectivity index (χ0) is 20.6. The molecule has 1 amide bonds. The molecular formula is C19H22N6O4. The SMILES string of the molecule is CCOc1cc(C(=O)Nc2cc(-n3cncn3)ncn2)cc(OCC)c1OCC. The molecule has 0 atom stereocenters. The summed E-state index contributed by atoms with van der Waals surface area (Å²) in [5.74, 6) is 1.78. The van der Waals surface area contributed by atoms with Gasteiger partial charge in [0.05, 0.1) is 19.8 Å². The van der Waals surface area contributed by atoms with Crippen LogP contribution in [0.15, 0.2) is 37.2 Å². The Hall–Kier alpha value is -3.69. The molecule has 10 heteroatoms. The molecule has 0 saturated carbocycles. The predicted octanol–water partition coefficient (Wildman–Crippen LogP) is 2.51. The normalized spacial score (nSPS) is 10.4. The number of hydrogen-bond donors (Lipinski definition) is 1. The highest BCUT2D eigenvalue weighted by Gasteiger charge is 2.19. The van der Waals surface area contributed by atoms with E-state index in [1.807, 2.05) is 20.8 Å². The molecular weight excluding hydrogens is 376 g/mol. The highest BCUT2D eigenvalue weighted by atomic mass is 16.5. The summed E-state index contributed by atoms with van der Waals surface area (Å²) in [5.41, 5.74) is 0.348. The maximum atomic E-state index is 12.8. The Morgan fingerprint density at radius 2 is 1.66 bits per heavy atom. The van der Waals surface area contributed by atoms with E-state index < -0.39 is 0 Å². The van der Waals surface area contributed by atoms with Gasteiger partial charge in [0.15, 0.2) is 17.3 Å². The Balaban J connectivity index is 1.89. The molecule has 0 aliphatic rings. The van der Waals surface area contributed by atoms with Crippen molar-refractivity contribution in [2.45, 2.75) is 20.8 Å². The number of carbonyl (C=O) groups excluding carboxylic acids is 1. The summed E-state index contributed by atoms with van der Waals surface area (Å²) in [5, 5.41) is 6.76. The van der Waals surface area contributed by atoms with Crippen molar-refractivity contribution in [1.82, 2.24) is 24.7 Å². The molecule has 10 nitrogen and oxygen atoms in total. The zero-order valence-corrected chi connectivity index (χ0v) is 16.5. The number of anilines is 1. The number of ether oxygens (including phenoxy) is 3. The van der Waals surface area contributed by atoms with Crippen LogP contribution < -0.4 is 19.5 Å². The summed E-state index contributed by atoms with van der Waals surface area (Å²) < 4.78 is 18.4. The van der Waals surface area contributed by atoms with Crippen molar-refractivity contribution >= 4 is 11.7 Å². The van der Waals surface area contributed by atoms with Crippen LogP contribution in [0.3, 0.4) is 0 Å². The molecule has 3 aromatic rings. The van der Waals surface area contributed by atoms with Gasteiger partial charge < -0.3 is 19.5 Å². The molecule has 0 unspecified atom stereocenters. The van der Waals surface area contributed by atoms with Crippen LogP contribution in [0, 0.1) is 0 Å². The first-order valence-corrected chi connectivity index (χ1v) is 9.21. The number of hydrogen-bond acceptors (Lipinski definition) is 8. The second-order valence-electron chi connectivity index (χ2n) is 5.66. The van der Waals surface area contributed by atoms with E-state index in [0.717, 1.165) is 0 Å². The molecule has 0 aliphatic heterocycles. The van der Waals surface area contributed by atoms with Crippen LogP contribution in [0.5, 0.6) is 17.2 Å². The minimum Gasteiger partial charge on any atom is -0.490 e. The summed E-state index contributed by atoms with van der Waals surface area (Å²) >= 11 is 0. The molecule has 0 saturated heterocycles. The second-order valence-corrected chi connectivity index (χ2v) is 5.66. The summed E-state index contributed by atoms with van der Waals surface area (Å²) in [6, 6.07) is 4.83. The third kappa shape index (κ3) is 4.78. The van der Waals surface area contributed by atoms with Crippen LogP contribution >= 0.6 is 0 Å². The number of nitrogens with one attached hydrogen (secondary N) is 1. The number of rotatable bonds is 9. The van der Waals surface area contributed by atoms with Gasteiger partial charge in [0.1, 0.15) is 24.8 Å². The standard InChI is InChI=1S/C19H22N6O4/c1-4-27-14-7-13(8-15(28-5-2)18(14)29-6-3)19(26)24-16-9-17(22-11-21-16)25-12-20-10-23-25/h7-12H,4-6H2,1-3H3,(H,21,22,24,26). The van der Waals surface area contributed by atoms with Crippen LogP contribution in [0.25, 0.3) is 5.82 Å². The highest BCUT2D eigenvalue weighted by molar-refractivity contribution is 6.04. The van der Waals surface area contributed by atoms with Crippen LogP contribution in [0.4, 0.5) is 5.82 Å². The molecule has 1 N–H and O–H groups in total. The van der Waals surface area contributed by atoms with Crippen LogP contribution in [-0.2, 0) is 0 Å². The molecule has 0 aliphatic carbocycles. The molecule has 2 aromatic heterocycles. The summed E-state index contributed by atoms with van der Waals surface area (Å²) in [6.07, 6.45) is 4.23. The minimum atomic E-state index is -0.377. The van der Waals surface area contributed by atoms with Gasteiger partial charge in [0, 0.05) is 11.6 Å². The third-order valence-electron chi connectivity index (χ3n) is 3.72. The first kappa shape index (κ1) is 20.1. The van der Waals surface area contributed by atoms with Gasteiger partial charge in [-0.15, -0.1) is 0 Å². The molecule has 29 heavy (non-hydrogen) atoms. The lowest BCUT2D eigenvalue weighted by Gasteiger charge is -2.17. The van der Waals surface area contributed by atoms with E-state index in [2.05, 4.69) is 25.4 Å². The maximum absolute atomic E-state index is 12.8. The fourth-order valence-electron chi connectivity index (χ4n) is 2.58. The Bertz CT molecular complexity index is 934. The van der Waals surface area contributed by atoms with Crippen molar-refractivity contribution in [2.24, 2.45) is 0 Å². The smallest absolute Gasteiger partial charge is 0.257 e. The molecule has 1 aromatic carbocycles. The van der Waals surface area contributed by atoms with Crippen molar-refractivity contribution in [3.63, 3.8) is 0 Å².